The Morgan fingerprint density at radius 2 is 1.48 bits per heavy atom. The highest BCUT2D eigenvalue weighted by atomic mass is 16.5. The number of H-pyrrole nitrogens is 2. The summed E-state index contributed by atoms with van der Waals surface area (Å²) in [4.78, 5) is 35.9. The van der Waals surface area contributed by atoms with Gasteiger partial charge in [0.05, 0.1) is 7.11 Å². The number of ether oxygens (including phenoxy) is 1. The molecule has 31 heavy (non-hydrogen) atoms. The first-order chi connectivity index (χ1) is 15.0. The lowest BCUT2D eigenvalue weighted by atomic mass is 10.1. The molecule has 0 saturated carbocycles. The monoisotopic (exact) mass is 414 g/mol. The molecule has 0 bridgehead atoms. The van der Waals surface area contributed by atoms with Gasteiger partial charge >= 0.3 is 5.97 Å². The van der Waals surface area contributed by atoms with Gasteiger partial charge in [-0.2, -0.15) is 0 Å². The van der Waals surface area contributed by atoms with Crippen LogP contribution in [-0.2, 0) is 17.6 Å². The maximum Gasteiger partial charge on any atom is 0.354 e. The van der Waals surface area contributed by atoms with Gasteiger partial charge in [0.15, 0.2) is 0 Å². The molecule has 0 aliphatic carbocycles. The van der Waals surface area contributed by atoms with E-state index in [4.69, 9.17) is 4.74 Å². The molecule has 0 unspecified atom stereocenters. The van der Waals surface area contributed by atoms with Crippen molar-refractivity contribution in [3.63, 3.8) is 0 Å². The lowest BCUT2D eigenvalue weighted by Crippen LogP contribution is -2.29. The van der Waals surface area contributed by atoms with E-state index in [1.807, 2.05) is 29.2 Å². The quantitative estimate of drug-likeness (QED) is 0.491. The highest BCUT2D eigenvalue weighted by Gasteiger charge is 2.29. The fourth-order valence-corrected chi connectivity index (χ4v) is 5.08. The van der Waals surface area contributed by atoms with Gasteiger partial charge in [-0.1, -0.05) is 0 Å². The average Bonchev–Trinajstić information content (AvgIpc) is 3.54. The third-order valence-electron chi connectivity index (χ3n) is 6.65. The Labute approximate surface area is 178 Å². The van der Waals surface area contributed by atoms with Crippen LogP contribution in [0.2, 0.25) is 0 Å². The first-order valence-corrected chi connectivity index (χ1v) is 10.5. The molecule has 0 radical (unpaired) electrons. The van der Waals surface area contributed by atoms with Crippen LogP contribution in [0.25, 0.3) is 21.8 Å². The van der Waals surface area contributed by atoms with E-state index in [2.05, 4.69) is 34.0 Å². The van der Waals surface area contributed by atoms with Crippen molar-refractivity contribution in [2.24, 2.45) is 0 Å². The van der Waals surface area contributed by atoms with Crippen molar-refractivity contribution in [1.29, 1.82) is 0 Å². The van der Waals surface area contributed by atoms with Crippen molar-refractivity contribution < 1.29 is 14.3 Å². The lowest BCUT2D eigenvalue weighted by molar-refractivity contribution is 0.0595. The fourth-order valence-electron chi connectivity index (χ4n) is 5.08. The minimum Gasteiger partial charge on any atom is -0.464 e. The summed E-state index contributed by atoms with van der Waals surface area (Å²) in [5.74, 6) is -0.426. The number of anilines is 2. The van der Waals surface area contributed by atoms with Gasteiger partial charge in [0, 0.05) is 53.3 Å². The van der Waals surface area contributed by atoms with Crippen molar-refractivity contribution in [1.82, 2.24) is 9.97 Å². The fraction of sp³-hybridized carbons (Fsp3) is 0.250. The summed E-state index contributed by atoms with van der Waals surface area (Å²) < 4.78 is 4.83. The molecule has 4 heterocycles. The molecule has 2 aliphatic heterocycles. The van der Waals surface area contributed by atoms with Gasteiger partial charge in [-0.15, -0.1) is 0 Å². The van der Waals surface area contributed by atoms with Crippen LogP contribution >= 0.6 is 0 Å². The van der Waals surface area contributed by atoms with Crippen LogP contribution in [0.15, 0.2) is 36.4 Å². The number of nitrogens with one attached hydrogen (secondary N) is 2. The van der Waals surface area contributed by atoms with Crippen molar-refractivity contribution in [2.45, 2.75) is 12.8 Å². The van der Waals surface area contributed by atoms with Gasteiger partial charge in [0.25, 0.3) is 5.91 Å². The Bertz CT molecular complexity index is 1400. The van der Waals surface area contributed by atoms with Crippen molar-refractivity contribution in [3.8, 4) is 0 Å². The summed E-state index contributed by atoms with van der Waals surface area (Å²) in [5, 5.41) is 2.10. The number of esters is 1. The number of likely N-dealkylation sites (N-methyl/N-ethyl adjacent to an activating group) is 1. The van der Waals surface area contributed by atoms with Crippen LogP contribution in [0.4, 0.5) is 11.4 Å². The van der Waals surface area contributed by atoms with E-state index < -0.39 is 5.97 Å². The molecule has 0 saturated heterocycles. The summed E-state index contributed by atoms with van der Waals surface area (Å²) in [6, 6.07) is 11.9. The summed E-state index contributed by atoms with van der Waals surface area (Å²) in [5.41, 5.74) is 7.43. The number of fused-ring (bicyclic) bond motifs is 6. The summed E-state index contributed by atoms with van der Waals surface area (Å²) in [6.07, 6.45) is 1.74. The summed E-state index contributed by atoms with van der Waals surface area (Å²) in [7, 11) is 3.47. The number of carbonyl (C=O) groups excluding carboxylic acids is 2. The molecule has 1 amide bonds. The second kappa shape index (κ2) is 6.38. The Kier molecular flexibility index (Phi) is 3.72. The van der Waals surface area contributed by atoms with Gasteiger partial charge in [0.1, 0.15) is 11.4 Å². The Balaban J connectivity index is 1.39. The average molecular weight is 414 g/mol. The van der Waals surface area contributed by atoms with Gasteiger partial charge in [-0.25, -0.2) is 4.79 Å². The van der Waals surface area contributed by atoms with Crippen LogP contribution in [0.3, 0.4) is 0 Å². The molecule has 156 valence electrons. The number of aromatic nitrogens is 2. The molecule has 2 aliphatic rings. The number of hydrogen-bond acceptors (Lipinski definition) is 4. The second-order valence-electron chi connectivity index (χ2n) is 8.28. The number of benzene rings is 2. The molecule has 2 N–H and O–H groups in total. The Morgan fingerprint density at radius 3 is 2.23 bits per heavy atom. The summed E-state index contributed by atoms with van der Waals surface area (Å²) in [6.45, 7) is 1.62. The van der Waals surface area contributed by atoms with Crippen molar-refractivity contribution in [2.75, 3.05) is 37.0 Å². The number of nitrogens with zero attached hydrogens (tertiary/aromatic N) is 2. The Morgan fingerprint density at radius 1 is 0.871 bits per heavy atom. The van der Waals surface area contributed by atoms with Gasteiger partial charge in [-0.3, -0.25) is 4.79 Å². The minimum atomic E-state index is -0.396. The van der Waals surface area contributed by atoms with Gasteiger partial charge in [-0.05, 0) is 60.4 Å². The van der Waals surface area contributed by atoms with Crippen LogP contribution in [-0.4, -0.2) is 49.1 Å². The van der Waals surface area contributed by atoms with Crippen molar-refractivity contribution >= 4 is 45.1 Å². The standard InChI is InChI=1S/C24H22N4O3/c1-27-9-7-13-15-11-19(25-17(15)3-5-21(13)27)23(29)28-10-8-14-16-12-20(24(30)31-2)26-18(16)4-6-22(14)28/h3-6,11-12,25-26H,7-10H2,1-2H3. The number of hydrogen-bond donors (Lipinski definition) is 2. The van der Waals surface area contributed by atoms with E-state index in [1.165, 1.54) is 18.4 Å². The maximum absolute atomic E-state index is 13.4. The number of methoxy groups -OCH3 is 1. The van der Waals surface area contributed by atoms with E-state index in [-0.39, 0.29) is 5.91 Å². The molecule has 0 fully saturated rings. The molecule has 2 aromatic carbocycles. The largest absolute Gasteiger partial charge is 0.464 e. The highest BCUT2D eigenvalue weighted by molar-refractivity contribution is 6.11. The minimum absolute atomic E-state index is 0.0295. The third kappa shape index (κ3) is 2.52. The predicted octanol–water partition coefficient (Wildman–Crippen LogP) is 3.63. The van der Waals surface area contributed by atoms with E-state index in [9.17, 15) is 9.59 Å². The first kappa shape index (κ1) is 18.1. The zero-order chi connectivity index (χ0) is 21.3. The molecule has 2 aromatic heterocycles. The van der Waals surface area contributed by atoms with E-state index in [0.29, 0.717) is 17.9 Å². The van der Waals surface area contributed by atoms with E-state index in [1.54, 1.807) is 0 Å². The molecule has 6 rings (SSSR count). The number of carbonyl (C=O) groups is 2. The molecule has 7 heteroatoms. The predicted molar refractivity (Wildman–Crippen MR) is 120 cm³/mol. The number of rotatable bonds is 2. The van der Waals surface area contributed by atoms with Gasteiger partial charge in [0.2, 0.25) is 0 Å². The van der Waals surface area contributed by atoms with Crippen molar-refractivity contribution in [3.05, 3.63) is 58.9 Å². The topological polar surface area (TPSA) is 81.4 Å². The van der Waals surface area contributed by atoms with Gasteiger partial charge < -0.3 is 24.5 Å². The Hall–Kier alpha value is -3.74. The molecular formula is C24H22N4O3. The van der Waals surface area contributed by atoms with E-state index in [0.717, 1.165) is 52.4 Å². The van der Waals surface area contributed by atoms with E-state index >= 15 is 0 Å². The molecule has 0 atom stereocenters. The summed E-state index contributed by atoms with van der Waals surface area (Å²) >= 11 is 0. The van der Waals surface area contributed by atoms with Crippen LogP contribution in [0, 0.1) is 0 Å². The number of amides is 1. The highest BCUT2D eigenvalue weighted by Crippen LogP contribution is 2.37. The van der Waals surface area contributed by atoms with Crippen LogP contribution in [0.5, 0.6) is 0 Å². The normalized spacial score (nSPS) is 15.0. The van der Waals surface area contributed by atoms with Crippen LogP contribution < -0.4 is 9.80 Å². The number of aromatic amines is 2. The molecular weight excluding hydrogens is 392 g/mol. The van der Waals surface area contributed by atoms with Crippen LogP contribution in [0.1, 0.15) is 32.1 Å². The third-order valence-corrected chi connectivity index (χ3v) is 6.65. The lowest BCUT2D eigenvalue weighted by Gasteiger charge is -2.16. The second-order valence-corrected chi connectivity index (χ2v) is 8.28. The zero-order valence-corrected chi connectivity index (χ0v) is 17.4. The molecule has 4 aromatic rings. The zero-order valence-electron chi connectivity index (χ0n) is 17.4. The SMILES string of the molecule is COC(=O)c1cc2c3c(ccc2[nH]1)N(C(=O)c1cc2c4c(ccc2[nH]1)N(C)CC4)CC3. The molecule has 0 spiro atoms. The maximum atomic E-state index is 13.4. The first-order valence-electron chi connectivity index (χ1n) is 10.5. The molecule has 7 nitrogen and oxygen atoms in total. The smallest absolute Gasteiger partial charge is 0.354 e.